The van der Waals surface area contributed by atoms with Crippen molar-refractivity contribution in [3.63, 3.8) is 0 Å². The van der Waals surface area contributed by atoms with Crippen LogP contribution in [0.1, 0.15) is 0 Å². The van der Waals surface area contributed by atoms with Crippen molar-refractivity contribution in [3.05, 3.63) is 53.3 Å². The lowest BCUT2D eigenvalue weighted by molar-refractivity contribution is 0.462. The normalized spacial score (nSPS) is 10.8. The van der Waals surface area contributed by atoms with Gasteiger partial charge in [-0.3, -0.25) is 9.97 Å². The Morgan fingerprint density at radius 1 is 1.05 bits per heavy atom. The minimum Gasteiger partial charge on any atom is -0.507 e. The Bertz CT molecular complexity index is 748. The molecule has 0 radical (unpaired) electrons. The smallest absolute Gasteiger partial charge is 0.129 e. The highest BCUT2D eigenvalue weighted by atomic mass is 79.9. The third-order valence-electron chi connectivity index (χ3n) is 2.59. The quantitative estimate of drug-likeness (QED) is 0.762. The molecule has 0 spiro atoms. The lowest BCUT2D eigenvalue weighted by Gasteiger charge is -2.06. The molecule has 3 nitrogen and oxygen atoms in total. The molecule has 0 aliphatic carbocycles. The largest absolute Gasteiger partial charge is 0.507 e. The minimum absolute atomic E-state index is 0.273. The first-order chi connectivity index (χ1) is 9.24. The van der Waals surface area contributed by atoms with E-state index in [4.69, 9.17) is 0 Å². The second-order valence-electron chi connectivity index (χ2n) is 3.90. The Balaban J connectivity index is 2.09. The van der Waals surface area contributed by atoms with Crippen LogP contribution in [0.5, 0.6) is 5.75 Å². The Morgan fingerprint density at radius 2 is 1.89 bits per heavy atom. The summed E-state index contributed by atoms with van der Waals surface area (Å²) in [5.41, 5.74) is 1.66. The first-order valence-electron chi connectivity index (χ1n) is 5.60. The molecule has 2 aromatic heterocycles. The number of pyridine rings is 2. The molecule has 0 amide bonds. The summed E-state index contributed by atoms with van der Waals surface area (Å²) < 4.78 is 0.900. The van der Waals surface area contributed by atoms with Gasteiger partial charge in [0.15, 0.2) is 0 Å². The van der Waals surface area contributed by atoms with E-state index in [9.17, 15) is 5.11 Å². The summed E-state index contributed by atoms with van der Waals surface area (Å²) in [5, 5.41) is 9.82. The van der Waals surface area contributed by atoms with Crippen LogP contribution in [0.15, 0.2) is 63.1 Å². The first-order valence-corrected chi connectivity index (χ1v) is 7.21. The molecule has 0 aliphatic rings. The number of rotatable bonds is 2. The van der Waals surface area contributed by atoms with Gasteiger partial charge in [0.05, 0.1) is 10.4 Å². The van der Waals surface area contributed by atoms with Gasteiger partial charge < -0.3 is 5.11 Å². The van der Waals surface area contributed by atoms with Crippen LogP contribution in [0.3, 0.4) is 0 Å². The van der Waals surface area contributed by atoms with Crippen LogP contribution < -0.4 is 0 Å². The van der Waals surface area contributed by atoms with Gasteiger partial charge in [-0.1, -0.05) is 23.9 Å². The second kappa shape index (κ2) is 5.19. The molecule has 5 heteroatoms. The van der Waals surface area contributed by atoms with Crippen molar-refractivity contribution in [2.45, 2.75) is 9.79 Å². The van der Waals surface area contributed by atoms with Gasteiger partial charge in [0.25, 0.3) is 0 Å². The molecule has 3 aromatic rings. The van der Waals surface area contributed by atoms with E-state index >= 15 is 0 Å². The van der Waals surface area contributed by atoms with Gasteiger partial charge >= 0.3 is 0 Å². The molecule has 0 saturated carbocycles. The zero-order chi connectivity index (χ0) is 13.2. The minimum atomic E-state index is 0.273. The van der Waals surface area contributed by atoms with E-state index in [1.807, 2.05) is 24.3 Å². The van der Waals surface area contributed by atoms with Crippen molar-refractivity contribution < 1.29 is 5.11 Å². The van der Waals surface area contributed by atoms with E-state index in [2.05, 4.69) is 25.9 Å². The van der Waals surface area contributed by atoms with E-state index < -0.39 is 0 Å². The summed E-state index contributed by atoms with van der Waals surface area (Å²) in [7, 11) is 0. The molecular formula is C14H9BrN2OS. The van der Waals surface area contributed by atoms with Gasteiger partial charge in [0.2, 0.25) is 0 Å². The molecule has 0 unspecified atom stereocenters. The summed E-state index contributed by atoms with van der Waals surface area (Å²) in [6.07, 6.45) is 3.50. The van der Waals surface area contributed by atoms with E-state index in [-0.39, 0.29) is 5.75 Å². The van der Waals surface area contributed by atoms with E-state index in [0.29, 0.717) is 0 Å². The average molecular weight is 333 g/mol. The van der Waals surface area contributed by atoms with Gasteiger partial charge in [-0.2, -0.15) is 0 Å². The van der Waals surface area contributed by atoms with Crippen molar-refractivity contribution in [2.75, 3.05) is 0 Å². The van der Waals surface area contributed by atoms with Crippen molar-refractivity contribution in [1.29, 1.82) is 0 Å². The maximum absolute atomic E-state index is 9.82. The predicted octanol–water partition coefficient (Wildman–Crippen LogP) is 4.25. The van der Waals surface area contributed by atoms with Gasteiger partial charge in [-0.15, -0.1) is 0 Å². The molecule has 0 fully saturated rings. The van der Waals surface area contributed by atoms with Crippen molar-refractivity contribution in [1.82, 2.24) is 9.97 Å². The molecule has 94 valence electrons. The molecule has 0 aliphatic heterocycles. The van der Waals surface area contributed by atoms with Crippen molar-refractivity contribution in [3.8, 4) is 5.75 Å². The number of phenols is 1. The number of aromatic nitrogens is 2. The number of benzene rings is 1. The highest BCUT2D eigenvalue weighted by molar-refractivity contribution is 9.10. The van der Waals surface area contributed by atoms with E-state index in [1.165, 1.54) is 11.8 Å². The van der Waals surface area contributed by atoms with Gasteiger partial charge in [-0.25, -0.2) is 0 Å². The Morgan fingerprint density at radius 3 is 2.74 bits per heavy atom. The number of halogens is 1. The number of hydrogen-bond acceptors (Lipinski definition) is 4. The molecule has 0 bridgehead atoms. The summed E-state index contributed by atoms with van der Waals surface area (Å²) in [5.74, 6) is 0.273. The fraction of sp³-hybridized carbons (Fsp3) is 0. The number of phenolic OH excluding ortho intramolecular Hbond substituents is 1. The third-order valence-corrected chi connectivity index (χ3v) is 4.14. The summed E-state index contributed by atoms with van der Waals surface area (Å²) >= 11 is 4.87. The van der Waals surface area contributed by atoms with Crippen LogP contribution in [-0.4, -0.2) is 15.1 Å². The van der Waals surface area contributed by atoms with Crippen molar-refractivity contribution in [2.24, 2.45) is 0 Å². The summed E-state index contributed by atoms with van der Waals surface area (Å²) in [4.78, 5) is 10.5. The topological polar surface area (TPSA) is 46.0 Å². The molecule has 0 atom stereocenters. The van der Waals surface area contributed by atoms with Gasteiger partial charge in [0.1, 0.15) is 11.3 Å². The lowest BCUT2D eigenvalue weighted by Crippen LogP contribution is -1.86. The Hall–Kier alpha value is -1.59. The zero-order valence-electron chi connectivity index (χ0n) is 9.75. The van der Waals surface area contributed by atoms with E-state index in [0.717, 1.165) is 25.3 Å². The fourth-order valence-electron chi connectivity index (χ4n) is 1.73. The summed E-state index contributed by atoms with van der Waals surface area (Å²) in [6, 6.07) is 11.1. The monoisotopic (exact) mass is 332 g/mol. The standard InChI is InChI=1S/C14H9BrN2OS/c15-9-7-10-14(17-8-9)13(5-6-16-10)19-12-4-2-1-3-11(12)18/h1-8,18H. The van der Waals surface area contributed by atoms with Crippen LogP contribution in [-0.2, 0) is 0 Å². The maximum atomic E-state index is 9.82. The number of para-hydroxylation sites is 1. The molecule has 1 aromatic carbocycles. The maximum Gasteiger partial charge on any atom is 0.129 e. The highest BCUT2D eigenvalue weighted by Crippen LogP contribution is 2.36. The molecular weight excluding hydrogens is 324 g/mol. The van der Waals surface area contributed by atoms with Crippen molar-refractivity contribution >= 4 is 38.7 Å². The molecule has 19 heavy (non-hydrogen) atoms. The predicted molar refractivity (Wildman–Crippen MR) is 79.5 cm³/mol. The molecule has 2 heterocycles. The summed E-state index contributed by atoms with van der Waals surface area (Å²) in [6.45, 7) is 0. The van der Waals surface area contributed by atoms with Crippen LogP contribution >= 0.6 is 27.7 Å². The van der Waals surface area contributed by atoms with Crippen LogP contribution in [0, 0.1) is 0 Å². The third kappa shape index (κ3) is 2.57. The Kier molecular flexibility index (Phi) is 3.40. The molecule has 1 N–H and O–H groups in total. The second-order valence-corrected chi connectivity index (χ2v) is 5.90. The lowest BCUT2D eigenvalue weighted by atomic mass is 10.3. The van der Waals surface area contributed by atoms with Crippen LogP contribution in [0.4, 0.5) is 0 Å². The Labute approximate surface area is 122 Å². The molecule has 0 saturated heterocycles. The number of hydrogen-bond donors (Lipinski definition) is 1. The van der Waals surface area contributed by atoms with E-state index in [1.54, 1.807) is 24.5 Å². The molecule has 3 rings (SSSR count). The number of aromatic hydroxyl groups is 1. The van der Waals surface area contributed by atoms with Gasteiger partial charge in [-0.05, 0) is 40.2 Å². The number of nitrogens with zero attached hydrogens (tertiary/aromatic N) is 2. The van der Waals surface area contributed by atoms with Crippen LogP contribution in [0.2, 0.25) is 0 Å². The van der Waals surface area contributed by atoms with Crippen LogP contribution in [0.25, 0.3) is 11.0 Å². The average Bonchev–Trinajstić information content (AvgIpc) is 2.41. The van der Waals surface area contributed by atoms with Gasteiger partial charge in [0, 0.05) is 21.8 Å². The SMILES string of the molecule is Oc1ccccc1Sc1ccnc2cc(Br)cnc12. The fourth-order valence-corrected chi connectivity index (χ4v) is 2.98. The first kappa shape index (κ1) is 12.4. The number of fused-ring (bicyclic) bond motifs is 1. The highest BCUT2D eigenvalue weighted by Gasteiger charge is 2.08. The zero-order valence-corrected chi connectivity index (χ0v) is 12.1.